The molecule has 0 amide bonds. The molecule has 0 aromatic carbocycles. The average Bonchev–Trinajstić information content (AvgIpc) is 2.57. The molecule has 2 unspecified atom stereocenters. The zero-order valence-electron chi connectivity index (χ0n) is 12.3. The number of fused-ring (bicyclic) bond motifs is 2. The van der Waals surface area contributed by atoms with E-state index >= 15 is 0 Å². The van der Waals surface area contributed by atoms with Gasteiger partial charge >= 0.3 is 0 Å². The Hall–Kier alpha value is -0.0800. The molecule has 0 radical (unpaired) electrons. The van der Waals surface area contributed by atoms with E-state index in [2.05, 4.69) is 24.1 Å². The van der Waals surface area contributed by atoms with E-state index in [0.717, 1.165) is 18.1 Å². The van der Waals surface area contributed by atoms with E-state index in [4.69, 9.17) is 0 Å². The number of nitrogens with zero attached hydrogens (tertiary/aromatic N) is 1. The third-order valence-corrected chi connectivity index (χ3v) is 5.69. The zero-order chi connectivity index (χ0) is 12.6. The molecule has 3 fully saturated rings. The molecule has 2 atom stereocenters. The minimum absolute atomic E-state index is 0.671. The Morgan fingerprint density at radius 3 is 2.33 bits per heavy atom. The predicted octanol–water partition coefficient (Wildman–Crippen LogP) is 3.17. The summed E-state index contributed by atoms with van der Waals surface area (Å²) < 4.78 is 0. The Bertz CT molecular complexity index is 271. The molecule has 2 bridgehead atoms. The number of hydrogen-bond donors (Lipinski definition) is 1. The lowest BCUT2D eigenvalue weighted by atomic mass is 9.69. The van der Waals surface area contributed by atoms with Crippen LogP contribution in [0.15, 0.2) is 0 Å². The molecule has 3 rings (SSSR count). The fourth-order valence-electron chi connectivity index (χ4n) is 4.43. The van der Waals surface area contributed by atoms with Crippen LogP contribution in [0.1, 0.15) is 65.2 Å². The van der Waals surface area contributed by atoms with E-state index in [0.29, 0.717) is 5.41 Å². The Balaban J connectivity index is 1.56. The van der Waals surface area contributed by atoms with Crippen LogP contribution in [0.2, 0.25) is 0 Å². The van der Waals surface area contributed by atoms with Gasteiger partial charge in [-0.05, 0) is 56.9 Å². The normalized spacial score (nSPS) is 38.7. The van der Waals surface area contributed by atoms with Gasteiger partial charge in [-0.1, -0.05) is 20.3 Å². The third kappa shape index (κ3) is 2.46. The van der Waals surface area contributed by atoms with Crippen LogP contribution in [0, 0.1) is 5.41 Å². The number of hydrogen-bond acceptors (Lipinski definition) is 2. The second-order valence-electron chi connectivity index (χ2n) is 7.34. The highest BCUT2D eigenvalue weighted by atomic mass is 15.2. The summed E-state index contributed by atoms with van der Waals surface area (Å²) in [5, 5.41) is 3.76. The molecule has 1 saturated carbocycles. The maximum atomic E-state index is 3.76. The fraction of sp³-hybridized carbons (Fsp3) is 1.00. The molecule has 2 heteroatoms. The van der Waals surface area contributed by atoms with E-state index in [1.54, 1.807) is 0 Å². The van der Waals surface area contributed by atoms with Crippen molar-refractivity contribution in [1.82, 2.24) is 10.2 Å². The second kappa shape index (κ2) is 5.13. The maximum absolute atomic E-state index is 3.76. The number of piperidine rings is 1. The lowest BCUT2D eigenvalue weighted by Crippen LogP contribution is -2.53. The van der Waals surface area contributed by atoms with Crippen LogP contribution in [-0.2, 0) is 0 Å². The summed E-state index contributed by atoms with van der Waals surface area (Å²) >= 11 is 0. The van der Waals surface area contributed by atoms with E-state index in [9.17, 15) is 0 Å². The standard InChI is InChI=1S/C16H30N2/c1-3-9-17-13-10-14-5-6-15(11-13)18(14)12-16(2)7-4-8-16/h13-15,17H,3-12H2,1-2H3. The van der Waals surface area contributed by atoms with Gasteiger partial charge in [0.25, 0.3) is 0 Å². The van der Waals surface area contributed by atoms with Gasteiger partial charge < -0.3 is 5.32 Å². The summed E-state index contributed by atoms with van der Waals surface area (Å²) in [5.74, 6) is 0. The van der Waals surface area contributed by atoms with Gasteiger partial charge in [-0.3, -0.25) is 4.90 Å². The van der Waals surface area contributed by atoms with Gasteiger partial charge in [0.05, 0.1) is 0 Å². The van der Waals surface area contributed by atoms with Gasteiger partial charge in [0.15, 0.2) is 0 Å². The van der Waals surface area contributed by atoms with Crippen molar-refractivity contribution < 1.29 is 0 Å². The highest BCUT2D eigenvalue weighted by Gasteiger charge is 2.44. The minimum Gasteiger partial charge on any atom is -0.314 e. The maximum Gasteiger partial charge on any atom is 0.0114 e. The topological polar surface area (TPSA) is 15.3 Å². The predicted molar refractivity (Wildman–Crippen MR) is 76.8 cm³/mol. The van der Waals surface area contributed by atoms with Gasteiger partial charge in [0.2, 0.25) is 0 Å². The molecule has 1 N–H and O–H groups in total. The summed E-state index contributed by atoms with van der Waals surface area (Å²) in [5.41, 5.74) is 0.671. The Morgan fingerprint density at radius 1 is 1.17 bits per heavy atom. The van der Waals surface area contributed by atoms with Gasteiger partial charge in [-0.2, -0.15) is 0 Å². The molecule has 104 valence electrons. The van der Waals surface area contributed by atoms with Gasteiger partial charge in [0.1, 0.15) is 0 Å². The molecule has 2 aliphatic heterocycles. The van der Waals surface area contributed by atoms with Gasteiger partial charge in [0, 0.05) is 24.7 Å². The molecule has 3 aliphatic rings. The van der Waals surface area contributed by atoms with Crippen molar-refractivity contribution in [3.63, 3.8) is 0 Å². The number of nitrogens with one attached hydrogen (secondary N) is 1. The van der Waals surface area contributed by atoms with Crippen molar-refractivity contribution in [3.05, 3.63) is 0 Å². The third-order valence-electron chi connectivity index (χ3n) is 5.69. The summed E-state index contributed by atoms with van der Waals surface area (Å²) in [4.78, 5) is 2.89. The summed E-state index contributed by atoms with van der Waals surface area (Å²) in [6.07, 6.45) is 11.4. The van der Waals surface area contributed by atoms with Crippen LogP contribution in [0.3, 0.4) is 0 Å². The Morgan fingerprint density at radius 2 is 1.83 bits per heavy atom. The monoisotopic (exact) mass is 250 g/mol. The molecular weight excluding hydrogens is 220 g/mol. The molecule has 0 spiro atoms. The van der Waals surface area contributed by atoms with Crippen LogP contribution >= 0.6 is 0 Å². The zero-order valence-corrected chi connectivity index (χ0v) is 12.3. The van der Waals surface area contributed by atoms with Crippen molar-refractivity contribution in [2.75, 3.05) is 13.1 Å². The molecule has 0 aromatic rings. The van der Waals surface area contributed by atoms with Crippen molar-refractivity contribution in [1.29, 1.82) is 0 Å². The lowest BCUT2D eigenvalue weighted by molar-refractivity contribution is 0.0290. The van der Waals surface area contributed by atoms with E-state index in [1.165, 1.54) is 64.5 Å². The first kappa shape index (κ1) is 12.9. The molecule has 2 heterocycles. The summed E-state index contributed by atoms with van der Waals surface area (Å²) in [7, 11) is 0. The number of rotatable bonds is 5. The molecule has 18 heavy (non-hydrogen) atoms. The first-order valence-electron chi connectivity index (χ1n) is 8.19. The summed E-state index contributed by atoms with van der Waals surface area (Å²) in [6.45, 7) is 7.39. The smallest absolute Gasteiger partial charge is 0.0114 e. The van der Waals surface area contributed by atoms with Crippen LogP contribution in [0.25, 0.3) is 0 Å². The summed E-state index contributed by atoms with van der Waals surface area (Å²) in [6, 6.07) is 2.61. The van der Waals surface area contributed by atoms with Crippen LogP contribution in [-0.4, -0.2) is 36.1 Å². The Kier molecular flexibility index (Phi) is 3.68. The SMILES string of the molecule is CCCNC1CC2CCC(C1)N2CC1(C)CCC1. The van der Waals surface area contributed by atoms with Crippen molar-refractivity contribution >= 4 is 0 Å². The van der Waals surface area contributed by atoms with Crippen LogP contribution in [0.5, 0.6) is 0 Å². The van der Waals surface area contributed by atoms with E-state index < -0.39 is 0 Å². The minimum atomic E-state index is 0.671. The molecule has 1 aliphatic carbocycles. The lowest BCUT2D eigenvalue weighted by Gasteiger charge is -2.47. The highest BCUT2D eigenvalue weighted by Crippen LogP contribution is 2.45. The van der Waals surface area contributed by atoms with Crippen LogP contribution in [0.4, 0.5) is 0 Å². The van der Waals surface area contributed by atoms with Crippen LogP contribution < -0.4 is 5.32 Å². The molecule has 2 nitrogen and oxygen atoms in total. The largest absolute Gasteiger partial charge is 0.314 e. The molecule has 2 saturated heterocycles. The van der Waals surface area contributed by atoms with Crippen molar-refractivity contribution in [2.45, 2.75) is 83.3 Å². The molecule has 0 aromatic heterocycles. The Labute approximate surface area is 113 Å². The second-order valence-corrected chi connectivity index (χ2v) is 7.34. The quantitative estimate of drug-likeness (QED) is 0.806. The first-order chi connectivity index (χ1) is 8.70. The van der Waals surface area contributed by atoms with Crippen molar-refractivity contribution in [2.24, 2.45) is 5.41 Å². The van der Waals surface area contributed by atoms with Gasteiger partial charge in [-0.15, -0.1) is 0 Å². The van der Waals surface area contributed by atoms with Crippen molar-refractivity contribution in [3.8, 4) is 0 Å². The molecular formula is C16H30N2. The van der Waals surface area contributed by atoms with E-state index in [-0.39, 0.29) is 0 Å². The average molecular weight is 250 g/mol. The van der Waals surface area contributed by atoms with Gasteiger partial charge in [-0.25, -0.2) is 0 Å². The highest BCUT2D eigenvalue weighted by molar-refractivity contribution is 5.00. The fourth-order valence-corrected chi connectivity index (χ4v) is 4.43. The van der Waals surface area contributed by atoms with E-state index in [1.807, 2.05) is 0 Å². The first-order valence-corrected chi connectivity index (χ1v) is 8.19.